The van der Waals surface area contributed by atoms with E-state index >= 15 is 0 Å². The number of aromatic amines is 1. The number of nitrogens with zero attached hydrogens (tertiary/aromatic N) is 2. The minimum atomic E-state index is -0.467. The molecule has 3 rings (SSSR count). The lowest BCUT2D eigenvalue weighted by atomic mass is 10.1. The summed E-state index contributed by atoms with van der Waals surface area (Å²) in [6.45, 7) is 2.52. The van der Waals surface area contributed by atoms with Gasteiger partial charge in [0.15, 0.2) is 0 Å². The fourth-order valence-corrected chi connectivity index (χ4v) is 2.74. The molecular formula is C17H22ClN5O2. The van der Waals surface area contributed by atoms with Crippen molar-refractivity contribution in [2.24, 2.45) is 5.73 Å². The molecule has 0 aliphatic carbocycles. The SMILES string of the molecule is NC(=O)NCCc1ccccc1.O=c1[nH]ncc(N2CCCC2)c1Cl. The van der Waals surface area contributed by atoms with Crippen LogP contribution >= 0.6 is 11.6 Å². The molecule has 1 aliphatic rings. The van der Waals surface area contributed by atoms with Gasteiger partial charge in [-0.15, -0.1) is 0 Å². The van der Waals surface area contributed by atoms with Gasteiger partial charge in [0.05, 0.1) is 11.9 Å². The van der Waals surface area contributed by atoms with Crippen molar-refractivity contribution in [2.45, 2.75) is 19.3 Å². The Balaban J connectivity index is 0.000000181. The molecule has 1 aromatic heterocycles. The molecule has 8 heteroatoms. The van der Waals surface area contributed by atoms with E-state index < -0.39 is 6.03 Å². The Hall–Kier alpha value is -2.54. The van der Waals surface area contributed by atoms with Crippen molar-refractivity contribution >= 4 is 23.3 Å². The van der Waals surface area contributed by atoms with E-state index in [0.717, 1.165) is 38.0 Å². The predicted octanol–water partition coefficient (Wildman–Crippen LogP) is 1.92. The zero-order valence-electron chi connectivity index (χ0n) is 13.9. The second-order valence-electron chi connectivity index (χ2n) is 5.62. The number of amides is 2. The van der Waals surface area contributed by atoms with Crippen molar-refractivity contribution in [2.75, 3.05) is 24.5 Å². The van der Waals surface area contributed by atoms with Crippen LogP contribution in [0, 0.1) is 0 Å². The maximum Gasteiger partial charge on any atom is 0.312 e. The van der Waals surface area contributed by atoms with Gasteiger partial charge in [0, 0.05) is 19.6 Å². The lowest BCUT2D eigenvalue weighted by molar-refractivity contribution is 0.249. The molecule has 0 radical (unpaired) electrons. The van der Waals surface area contributed by atoms with Crippen LogP contribution in [0.5, 0.6) is 0 Å². The summed E-state index contributed by atoms with van der Waals surface area (Å²) in [6.07, 6.45) is 4.74. The third-order valence-corrected chi connectivity index (χ3v) is 4.14. The van der Waals surface area contributed by atoms with Crippen LogP contribution in [-0.2, 0) is 6.42 Å². The third kappa shape index (κ3) is 6.11. The number of nitrogens with one attached hydrogen (secondary N) is 2. The number of rotatable bonds is 4. The summed E-state index contributed by atoms with van der Waals surface area (Å²) in [5.74, 6) is 0. The van der Waals surface area contributed by atoms with Gasteiger partial charge in [0.25, 0.3) is 5.56 Å². The molecule has 1 aliphatic heterocycles. The molecule has 0 unspecified atom stereocenters. The van der Waals surface area contributed by atoms with Crippen LogP contribution in [0.2, 0.25) is 5.02 Å². The van der Waals surface area contributed by atoms with Crippen LogP contribution in [0.4, 0.5) is 10.5 Å². The maximum atomic E-state index is 11.1. The Bertz CT molecular complexity index is 729. The van der Waals surface area contributed by atoms with Crippen LogP contribution in [0.3, 0.4) is 0 Å². The molecule has 0 saturated carbocycles. The van der Waals surface area contributed by atoms with E-state index in [2.05, 4.69) is 20.4 Å². The number of primary amides is 1. The van der Waals surface area contributed by atoms with Gasteiger partial charge >= 0.3 is 6.03 Å². The fraction of sp³-hybridized carbons (Fsp3) is 0.353. The highest BCUT2D eigenvalue weighted by atomic mass is 35.5. The van der Waals surface area contributed by atoms with Crippen LogP contribution < -0.4 is 21.5 Å². The largest absolute Gasteiger partial charge is 0.369 e. The molecule has 1 saturated heterocycles. The summed E-state index contributed by atoms with van der Waals surface area (Å²) in [7, 11) is 0. The van der Waals surface area contributed by atoms with Crippen molar-refractivity contribution in [3.63, 3.8) is 0 Å². The number of aromatic nitrogens is 2. The van der Waals surface area contributed by atoms with E-state index in [1.54, 1.807) is 6.20 Å². The minimum Gasteiger partial charge on any atom is -0.369 e. The molecule has 2 amide bonds. The Labute approximate surface area is 151 Å². The van der Waals surface area contributed by atoms with E-state index in [9.17, 15) is 9.59 Å². The van der Waals surface area contributed by atoms with Gasteiger partial charge in [0.2, 0.25) is 0 Å². The Morgan fingerprint density at radius 3 is 2.60 bits per heavy atom. The number of carbonyl (C=O) groups excluding carboxylic acids is 1. The first-order valence-corrected chi connectivity index (χ1v) is 8.51. The molecule has 1 aromatic carbocycles. The smallest absolute Gasteiger partial charge is 0.312 e. The number of halogens is 1. The second-order valence-corrected chi connectivity index (χ2v) is 6.00. The number of nitrogens with two attached hydrogens (primary N) is 1. The van der Waals surface area contributed by atoms with Gasteiger partial charge in [-0.1, -0.05) is 41.9 Å². The van der Waals surface area contributed by atoms with E-state index in [0.29, 0.717) is 6.54 Å². The summed E-state index contributed by atoms with van der Waals surface area (Å²) in [4.78, 5) is 23.5. The van der Waals surface area contributed by atoms with Crippen molar-refractivity contribution < 1.29 is 4.79 Å². The van der Waals surface area contributed by atoms with Crippen molar-refractivity contribution in [1.82, 2.24) is 15.5 Å². The van der Waals surface area contributed by atoms with E-state index in [4.69, 9.17) is 17.3 Å². The summed E-state index contributed by atoms with van der Waals surface area (Å²) < 4.78 is 0. The molecule has 7 nitrogen and oxygen atoms in total. The summed E-state index contributed by atoms with van der Waals surface area (Å²) in [5, 5.41) is 8.81. The first-order chi connectivity index (χ1) is 12.1. The monoisotopic (exact) mass is 363 g/mol. The van der Waals surface area contributed by atoms with E-state index in [-0.39, 0.29) is 10.6 Å². The number of H-pyrrole nitrogens is 1. The topological polar surface area (TPSA) is 104 Å². The number of benzene rings is 1. The molecular weight excluding hydrogens is 342 g/mol. The van der Waals surface area contributed by atoms with Gasteiger partial charge in [-0.05, 0) is 24.8 Å². The Kier molecular flexibility index (Phi) is 7.28. The molecule has 2 aromatic rings. The maximum absolute atomic E-state index is 11.1. The number of hydrogen-bond acceptors (Lipinski definition) is 4. The number of urea groups is 1. The van der Waals surface area contributed by atoms with Gasteiger partial charge in [0.1, 0.15) is 5.02 Å². The lowest BCUT2D eigenvalue weighted by Gasteiger charge is -2.17. The normalized spacial score (nSPS) is 13.1. The average molecular weight is 364 g/mol. The summed E-state index contributed by atoms with van der Waals surface area (Å²) in [5.41, 5.74) is 6.55. The van der Waals surface area contributed by atoms with E-state index in [1.165, 1.54) is 5.56 Å². The van der Waals surface area contributed by atoms with Gasteiger partial charge in [-0.2, -0.15) is 5.10 Å². The lowest BCUT2D eigenvalue weighted by Crippen LogP contribution is -2.30. The molecule has 1 fully saturated rings. The zero-order chi connectivity index (χ0) is 18.1. The van der Waals surface area contributed by atoms with Crippen LogP contribution in [0.15, 0.2) is 41.3 Å². The molecule has 0 atom stereocenters. The highest BCUT2D eigenvalue weighted by Crippen LogP contribution is 2.23. The molecule has 25 heavy (non-hydrogen) atoms. The molecule has 4 N–H and O–H groups in total. The van der Waals surface area contributed by atoms with Gasteiger partial charge < -0.3 is 16.0 Å². The minimum absolute atomic E-state index is 0.247. The highest BCUT2D eigenvalue weighted by molar-refractivity contribution is 6.33. The van der Waals surface area contributed by atoms with Crippen molar-refractivity contribution in [3.05, 3.63) is 57.5 Å². The molecule has 0 bridgehead atoms. The fourth-order valence-electron chi connectivity index (χ4n) is 2.53. The van der Waals surface area contributed by atoms with Crippen LogP contribution in [0.1, 0.15) is 18.4 Å². The van der Waals surface area contributed by atoms with Gasteiger partial charge in [-0.25, -0.2) is 9.89 Å². The Morgan fingerprint density at radius 1 is 1.28 bits per heavy atom. The third-order valence-electron chi connectivity index (χ3n) is 3.78. The van der Waals surface area contributed by atoms with Crippen molar-refractivity contribution in [3.8, 4) is 0 Å². The molecule has 2 heterocycles. The average Bonchev–Trinajstić information content (AvgIpc) is 3.13. The predicted molar refractivity (Wildman–Crippen MR) is 99.0 cm³/mol. The standard InChI is InChI=1S/C9H12N2O.C8H10ClN3O/c10-9(12)11-7-6-8-4-2-1-3-5-8;9-7-6(5-10-11-8(7)13)12-3-1-2-4-12/h1-5H,6-7H2,(H3,10,11,12);5H,1-4H2,(H,11,13). The summed E-state index contributed by atoms with van der Waals surface area (Å²) in [6, 6.07) is 9.47. The first kappa shape index (κ1) is 18.8. The number of carbonyl (C=O) groups is 1. The quantitative estimate of drug-likeness (QED) is 0.771. The summed E-state index contributed by atoms with van der Waals surface area (Å²) >= 11 is 5.85. The first-order valence-electron chi connectivity index (χ1n) is 8.13. The molecule has 0 spiro atoms. The van der Waals surface area contributed by atoms with E-state index in [1.807, 2.05) is 30.3 Å². The number of anilines is 1. The second kappa shape index (κ2) is 9.68. The van der Waals surface area contributed by atoms with Crippen LogP contribution in [0.25, 0.3) is 0 Å². The molecule has 134 valence electrons. The van der Waals surface area contributed by atoms with Crippen LogP contribution in [-0.4, -0.2) is 35.9 Å². The van der Waals surface area contributed by atoms with Gasteiger partial charge in [-0.3, -0.25) is 4.79 Å². The number of hydrogen-bond donors (Lipinski definition) is 3. The van der Waals surface area contributed by atoms with Crippen molar-refractivity contribution in [1.29, 1.82) is 0 Å². The zero-order valence-corrected chi connectivity index (χ0v) is 14.6. The highest BCUT2D eigenvalue weighted by Gasteiger charge is 2.16. The Morgan fingerprint density at radius 2 is 1.96 bits per heavy atom.